The van der Waals surface area contributed by atoms with Crippen molar-refractivity contribution in [3.05, 3.63) is 11.1 Å². The number of nitriles is 1. The Morgan fingerprint density at radius 2 is 2.43 bits per heavy atom. The number of rotatable bonds is 1. The molecule has 2 atom stereocenters. The number of hydrogen-bond donors (Lipinski definition) is 1. The molecule has 2 fully saturated rings. The minimum absolute atomic E-state index is 0.0283. The lowest BCUT2D eigenvalue weighted by Crippen LogP contribution is -2.25. The van der Waals surface area contributed by atoms with Crippen molar-refractivity contribution in [2.24, 2.45) is 5.92 Å². The van der Waals surface area contributed by atoms with E-state index in [1.807, 2.05) is 6.07 Å². The van der Waals surface area contributed by atoms with Crippen LogP contribution < -0.4 is 0 Å². The first-order valence-electron chi connectivity index (χ1n) is 4.81. The number of nitrogens with zero attached hydrogens (tertiary/aromatic N) is 2. The molecule has 2 aliphatic heterocycles. The molecule has 0 spiro atoms. The lowest BCUT2D eigenvalue weighted by molar-refractivity contribution is -0.132. The van der Waals surface area contributed by atoms with E-state index >= 15 is 0 Å². The second-order valence-electron chi connectivity index (χ2n) is 3.89. The van der Waals surface area contributed by atoms with Crippen molar-refractivity contribution in [3.63, 3.8) is 0 Å². The quantitative estimate of drug-likeness (QED) is 0.488. The normalized spacial score (nSPS) is 33.6. The van der Waals surface area contributed by atoms with E-state index < -0.39 is 5.97 Å². The second-order valence-corrected chi connectivity index (χ2v) is 3.89. The highest BCUT2D eigenvalue weighted by molar-refractivity contribution is 5.92. The van der Waals surface area contributed by atoms with Crippen LogP contribution in [0.4, 0.5) is 0 Å². The summed E-state index contributed by atoms with van der Waals surface area (Å²) in [4.78, 5) is 13.0. The Labute approximate surface area is 82.4 Å². The molecule has 2 heterocycles. The van der Waals surface area contributed by atoms with Crippen molar-refractivity contribution in [1.29, 1.82) is 5.26 Å². The number of aliphatic carboxylic acids is 1. The minimum atomic E-state index is -1.07. The third kappa shape index (κ3) is 1.40. The molecule has 0 saturated carbocycles. The van der Waals surface area contributed by atoms with Gasteiger partial charge in [0.25, 0.3) is 0 Å². The SMILES string of the molecule is N#CC(C(=O)O)=C1CN2CCCC1C2. The van der Waals surface area contributed by atoms with Crippen LogP contribution in [0.25, 0.3) is 0 Å². The Morgan fingerprint density at radius 3 is 3.00 bits per heavy atom. The maximum absolute atomic E-state index is 10.8. The predicted molar refractivity (Wildman–Crippen MR) is 49.4 cm³/mol. The van der Waals surface area contributed by atoms with Crippen LogP contribution in [-0.2, 0) is 4.79 Å². The molecule has 14 heavy (non-hydrogen) atoms. The molecule has 2 aliphatic rings. The zero-order valence-electron chi connectivity index (χ0n) is 7.86. The van der Waals surface area contributed by atoms with Crippen molar-refractivity contribution in [2.45, 2.75) is 12.8 Å². The first-order valence-corrected chi connectivity index (χ1v) is 4.81. The van der Waals surface area contributed by atoms with Crippen LogP contribution in [0.5, 0.6) is 0 Å². The number of carboxylic acids is 1. The summed E-state index contributed by atoms with van der Waals surface area (Å²) in [5.41, 5.74) is 0.817. The maximum Gasteiger partial charge on any atom is 0.346 e. The van der Waals surface area contributed by atoms with Crippen molar-refractivity contribution >= 4 is 5.97 Å². The number of carbonyl (C=O) groups is 1. The monoisotopic (exact) mass is 192 g/mol. The number of fused-ring (bicyclic) bond motifs is 2. The molecular weight excluding hydrogens is 180 g/mol. The molecule has 0 amide bonds. The summed E-state index contributed by atoms with van der Waals surface area (Å²) in [5, 5.41) is 17.6. The molecule has 0 aromatic carbocycles. The molecule has 0 aliphatic carbocycles. The number of carboxylic acid groups (broad SMARTS) is 1. The molecule has 4 nitrogen and oxygen atoms in total. The summed E-state index contributed by atoms with van der Waals surface area (Å²) in [6.45, 7) is 2.66. The number of piperidine rings is 1. The second kappa shape index (κ2) is 3.43. The van der Waals surface area contributed by atoms with Gasteiger partial charge >= 0.3 is 5.97 Å². The van der Waals surface area contributed by atoms with Crippen molar-refractivity contribution in [2.75, 3.05) is 19.6 Å². The van der Waals surface area contributed by atoms with Crippen LogP contribution in [0.3, 0.4) is 0 Å². The van der Waals surface area contributed by atoms with Crippen molar-refractivity contribution in [3.8, 4) is 6.07 Å². The maximum atomic E-state index is 10.8. The first kappa shape index (κ1) is 9.22. The van der Waals surface area contributed by atoms with Gasteiger partial charge in [0.05, 0.1) is 0 Å². The Morgan fingerprint density at radius 1 is 1.64 bits per heavy atom. The molecule has 2 rings (SSSR count). The van der Waals surface area contributed by atoms with Gasteiger partial charge in [-0.15, -0.1) is 0 Å². The Balaban J connectivity index is 2.34. The molecule has 0 radical (unpaired) electrons. The summed E-state index contributed by atoms with van der Waals surface area (Å²) >= 11 is 0. The standard InChI is InChI=1S/C10H12N2O2/c11-4-8(10(13)14)9-6-12-3-1-2-7(9)5-12/h7H,1-3,5-6H2,(H,13,14). The summed E-state index contributed by atoms with van der Waals surface area (Å²) in [7, 11) is 0. The van der Waals surface area contributed by atoms with Gasteiger partial charge in [-0.2, -0.15) is 5.26 Å². The van der Waals surface area contributed by atoms with E-state index in [9.17, 15) is 4.79 Å². The van der Waals surface area contributed by atoms with Gasteiger partial charge in [0, 0.05) is 13.1 Å². The zero-order chi connectivity index (χ0) is 10.1. The van der Waals surface area contributed by atoms with E-state index in [-0.39, 0.29) is 5.57 Å². The molecule has 1 N–H and O–H groups in total. The molecule has 2 unspecified atom stereocenters. The van der Waals surface area contributed by atoms with E-state index in [2.05, 4.69) is 4.90 Å². The fraction of sp³-hybridized carbons (Fsp3) is 0.600. The lowest BCUT2D eigenvalue weighted by Gasteiger charge is -2.20. The fourth-order valence-electron chi connectivity index (χ4n) is 2.39. The van der Waals surface area contributed by atoms with E-state index in [1.165, 1.54) is 0 Å². The van der Waals surface area contributed by atoms with Gasteiger partial charge in [-0.1, -0.05) is 0 Å². The number of hydrogen-bond acceptors (Lipinski definition) is 3. The molecule has 4 heteroatoms. The zero-order valence-corrected chi connectivity index (χ0v) is 7.86. The molecule has 2 saturated heterocycles. The van der Waals surface area contributed by atoms with Crippen LogP contribution in [0.15, 0.2) is 11.1 Å². The van der Waals surface area contributed by atoms with Gasteiger partial charge in [0.2, 0.25) is 0 Å². The van der Waals surface area contributed by atoms with Crippen molar-refractivity contribution < 1.29 is 9.90 Å². The molecule has 0 aromatic heterocycles. The van der Waals surface area contributed by atoms with Gasteiger partial charge in [-0.05, 0) is 30.9 Å². The van der Waals surface area contributed by atoms with Crippen LogP contribution >= 0.6 is 0 Å². The predicted octanol–water partition coefficient (Wildman–Crippen LogP) is 0.617. The molecule has 2 bridgehead atoms. The van der Waals surface area contributed by atoms with Gasteiger partial charge in [-0.25, -0.2) is 4.79 Å². The average molecular weight is 192 g/mol. The van der Waals surface area contributed by atoms with E-state index in [1.54, 1.807) is 0 Å². The largest absolute Gasteiger partial charge is 0.477 e. The Kier molecular flexibility index (Phi) is 2.26. The summed E-state index contributed by atoms with van der Waals surface area (Å²) in [6.07, 6.45) is 2.15. The Bertz CT molecular complexity index is 341. The summed E-state index contributed by atoms with van der Waals surface area (Å²) in [5.74, 6) is -0.759. The van der Waals surface area contributed by atoms with Gasteiger partial charge in [0.1, 0.15) is 11.6 Å². The highest BCUT2D eigenvalue weighted by atomic mass is 16.4. The topological polar surface area (TPSA) is 64.3 Å². The van der Waals surface area contributed by atoms with Gasteiger partial charge in [-0.3, -0.25) is 4.90 Å². The smallest absolute Gasteiger partial charge is 0.346 e. The summed E-state index contributed by atoms with van der Waals surface area (Å²) < 4.78 is 0. The fourth-order valence-corrected chi connectivity index (χ4v) is 2.39. The minimum Gasteiger partial charge on any atom is -0.477 e. The van der Waals surface area contributed by atoms with Crippen LogP contribution in [-0.4, -0.2) is 35.6 Å². The van der Waals surface area contributed by atoms with Crippen LogP contribution in [0.2, 0.25) is 0 Å². The highest BCUT2D eigenvalue weighted by Crippen LogP contribution is 2.33. The van der Waals surface area contributed by atoms with Gasteiger partial charge < -0.3 is 5.11 Å². The highest BCUT2D eigenvalue weighted by Gasteiger charge is 2.34. The molecule has 74 valence electrons. The Hall–Kier alpha value is -1.34. The summed E-state index contributed by atoms with van der Waals surface area (Å²) in [6, 6.07) is 1.81. The first-order chi connectivity index (χ1) is 6.72. The van der Waals surface area contributed by atoms with Gasteiger partial charge in [0.15, 0.2) is 0 Å². The van der Waals surface area contributed by atoms with E-state index in [4.69, 9.17) is 10.4 Å². The lowest BCUT2D eigenvalue weighted by atomic mass is 9.93. The van der Waals surface area contributed by atoms with Crippen LogP contribution in [0, 0.1) is 17.2 Å². The van der Waals surface area contributed by atoms with E-state index in [0.717, 1.165) is 31.5 Å². The average Bonchev–Trinajstić information content (AvgIpc) is 2.43. The van der Waals surface area contributed by atoms with E-state index in [0.29, 0.717) is 12.5 Å². The molecule has 0 aromatic rings. The third-order valence-corrected chi connectivity index (χ3v) is 3.04. The third-order valence-electron chi connectivity index (χ3n) is 3.04. The molecular formula is C10H12N2O2. The van der Waals surface area contributed by atoms with Crippen molar-refractivity contribution in [1.82, 2.24) is 4.90 Å². The van der Waals surface area contributed by atoms with Crippen LogP contribution in [0.1, 0.15) is 12.8 Å².